The Morgan fingerprint density at radius 3 is 3.07 bits per heavy atom. The zero-order valence-corrected chi connectivity index (χ0v) is 9.41. The molecular weight excluding hydrogens is 214 g/mol. The summed E-state index contributed by atoms with van der Waals surface area (Å²) >= 11 is 1.54. The van der Waals surface area contributed by atoms with Gasteiger partial charge < -0.3 is 15.4 Å². The molecule has 0 amide bonds. The van der Waals surface area contributed by atoms with Crippen LogP contribution in [0, 0.1) is 6.92 Å². The Kier molecular flexibility index (Phi) is 4.64. The molecule has 0 spiro atoms. The number of nitrogens with two attached hydrogens (primary N) is 1. The van der Waals surface area contributed by atoms with E-state index >= 15 is 0 Å². The number of hydrogen-bond donors (Lipinski definition) is 2. The second-order valence-corrected chi connectivity index (χ2v) is 4.34. The lowest BCUT2D eigenvalue weighted by atomic mass is 10.4. The molecule has 1 rings (SSSR count). The van der Waals surface area contributed by atoms with Gasteiger partial charge in [-0.05, 0) is 6.92 Å². The number of aromatic nitrogens is 2. The molecule has 3 N–H and O–H groups in total. The number of nitrogens with zero attached hydrogens (tertiary/aromatic N) is 2. The number of carbonyl (C=O) groups is 1. The lowest BCUT2D eigenvalue weighted by molar-refractivity contribution is -0.137. The fourth-order valence-electron chi connectivity index (χ4n) is 1.08. The van der Waals surface area contributed by atoms with Crippen LogP contribution in [0.3, 0.4) is 0 Å². The van der Waals surface area contributed by atoms with Gasteiger partial charge in [-0.15, -0.1) is 0 Å². The summed E-state index contributed by atoms with van der Waals surface area (Å²) in [6.07, 6.45) is 3.66. The minimum Gasteiger partial charge on any atom is -0.480 e. The van der Waals surface area contributed by atoms with Crippen molar-refractivity contribution in [3.63, 3.8) is 0 Å². The van der Waals surface area contributed by atoms with E-state index < -0.39 is 12.0 Å². The highest BCUT2D eigenvalue weighted by atomic mass is 32.2. The molecule has 15 heavy (non-hydrogen) atoms. The fourth-order valence-corrected chi connectivity index (χ4v) is 1.97. The molecule has 0 saturated carbocycles. The van der Waals surface area contributed by atoms with E-state index in [4.69, 9.17) is 10.8 Å². The van der Waals surface area contributed by atoms with Crippen LogP contribution in [0.25, 0.3) is 0 Å². The summed E-state index contributed by atoms with van der Waals surface area (Å²) in [6, 6.07) is -0.765. The average Bonchev–Trinajstić information content (AvgIpc) is 2.58. The van der Waals surface area contributed by atoms with Gasteiger partial charge in [0.25, 0.3) is 0 Å². The number of imidazole rings is 1. The molecule has 0 aliphatic rings. The highest BCUT2D eigenvalue weighted by Gasteiger charge is 2.10. The summed E-state index contributed by atoms with van der Waals surface area (Å²) in [7, 11) is 0. The fraction of sp³-hybridized carbons (Fsp3) is 0.556. The zero-order valence-electron chi connectivity index (χ0n) is 8.59. The number of carboxylic acids is 1. The van der Waals surface area contributed by atoms with E-state index in [1.54, 1.807) is 18.0 Å². The number of aryl methyl sites for hydroxylation is 2. The summed E-state index contributed by atoms with van der Waals surface area (Å²) in [5.41, 5.74) is 5.37. The average molecular weight is 229 g/mol. The van der Waals surface area contributed by atoms with E-state index in [0.717, 1.165) is 18.1 Å². The van der Waals surface area contributed by atoms with E-state index in [1.165, 1.54) is 0 Å². The molecule has 1 heterocycles. The molecule has 1 aromatic rings. The summed E-state index contributed by atoms with van der Waals surface area (Å²) in [5, 5.41) is 8.56. The Hall–Kier alpha value is -1.01. The van der Waals surface area contributed by atoms with Gasteiger partial charge in [0.05, 0.1) is 0 Å². The van der Waals surface area contributed by atoms with Crippen LogP contribution >= 0.6 is 11.8 Å². The Balaban J connectivity index is 2.17. The maximum atomic E-state index is 10.4. The molecule has 0 saturated heterocycles. The van der Waals surface area contributed by atoms with Gasteiger partial charge in [-0.3, -0.25) is 4.79 Å². The Morgan fingerprint density at radius 1 is 1.80 bits per heavy atom. The zero-order chi connectivity index (χ0) is 11.3. The number of thioether (sulfide) groups is 1. The smallest absolute Gasteiger partial charge is 0.321 e. The predicted molar refractivity (Wildman–Crippen MR) is 59.9 cm³/mol. The highest BCUT2D eigenvalue weighted by Crippen LogP contribution is 2.04. The van der Waals surface area contributed by atoms with Crippen LogP contribution in [0.4, 0.5) is 0 Å². The standard InChI is InChI=1S/C9H15N3O2S/c1-7-11-2-3-12(7)4-5-15-6-8(10)9(13)14/h2-3,8H,4-6,10H2,1H3,(H,13,14)/t8-/m1/s1. The van der Waals surface area contributed by atoms with Crippen molar-refractivity contribution in [2.45, 2.75) is 19.5 Å². The maximum absolute atomic E-state index is 10.4. The molecular formula is C9H15N3O2S. The first-order chi connectivity index (χ1) is 7.11. The van der Waals surface area contributed by atoms with E-state index in [1.807, 2.05) is 17.7 Å². The minimum absolute atomic E-state index is 0.447. The quantitative estimate of drug-likeness (QED) is 0.687. The molecule has 1 aromatic heterocycles. The minimum atomic E-state index is -0.943. The molecule has 84 valence electrons. The predicted octanol–water partition coefficient (Wildman–Crippen LogP) is 0.337. The molecule has 0 aliphatic heterocycles. The van der Waals surface area contributed by atoms with Crippen LogP contribution < -0.4 is 5.73 Å². The molecule has 0 unspecified atom stereocenters. The van der Waals surface area contributed by atoms with E-state index in [0.29, 0.717) is 5.75 Å². The Bertz CT molecular complexity index is 327. The number of rotatable bonds is 6. The molecule has 0 radical (unpaired) electrons. The highest BCUT2D eigenvalue weighted by molar-refractivity contribution is 7.99. The maximum Gasteiger partial charge on any atom is 0.321 e. The lowest BCUT2D eigenvalue weighted by Gasteiger charge is -2.07. The number of carboxylic acid groups (broad SMARTS) is 1. The van der Waals surface area contributed by atoms with Crippen molar-refractivity contribution in [2.24, 2.45) is 5.73 Å². The SMILES string of the molecule is Cc1nccn1CCSC[C@@H](N)C(=O)O. The molecule has 1 atom stereocenters. The monoisotopic (exact) mass is 229 g/mol. The normalized spacial score (nSPS) is 12.7. The van der Waals surface area contributed by atoms with Crippen LogP contribution in [0.15, 0.2) is 12.4 Å². The largest absolute Gasteiger partial charge is 0.480 e. The van der Waals surface area contributed by atoms with Crippen LogP contribution in [0.1, 0.15) is 5.82 Å². The second kappa shape index (κ2) is 5.77. The summed E-state index contributed by atoms with van der Waals surface area (Å²) in [6.45, 7) is 2.77. The molecule has 5 nitrogen and oxygen atoms in total. The topological polar surface area (TPSA) is 81.1 Å². The molecule has 0 aliphatic carbocycles. The first-order valence-electron chi connectivity index (χ1n) is 4.65. The summed E-state index contributed by atoms with van der Waals surface area (Å²) in [4.78, 5) is 14.5. The third-order valence-electron chi connectivity index (χ3n) is 2.01. The van der Waals surface area contributed by atoms with Crippen molar-refractivity contribution in [2.75, 3.05) is 11.5 Å². The van der Waals surface area contributed by atoms with Gasteiger partial charge in [0.1, 0.15) is 11.9 Å². The second-order valence-electron chi connectivity index (χ2n) is 3.19. The number of hydrogen-bond acceptors (Lipinski definition) is 4. The van der Waals surface area contributed by atoms with Gasteiger partial charge >= 0.3 is 5.97 Å². The van der Waals surface area contributed by atoms with Crippen LogP contribution in [0.5, 0.6) is 0 Å². The van der Waals surface area contributed by atoms with Gasteiger partial charge in [0.15, 0.2) is 0 Å². The first kappa shape index (κ1) is 12.1. The lowest BCUT2D eigenvalue weighted by Crippen LogP contribution is -2.32. The molecule has 0 bridgehead atoms. The van der Waals surface area contributed by atoms with Crippen LogP contribution in [0.2, 0.25) is 0 Å². The third kappa shape index (κ3) is 3.93. The molecule has 6 heteroatoms. The third-order valence-corrected chi connectivity index (χ3v) is 3.08. The van der Waals surface area contributed by atoms with E-state index in [-0.39, 0.29) is 0 Å². The van der Waals surface area contributed by atoms with E-state index in [2.05, 4.69) is 4.98 Å². The Labute approximate surface area is 92.7 Å². The van der Waals surface area contributed by atoms with Gasteiger partial charge in [-0.1, -0.05) is 0 Å². The van der Waals surface area contributed by atoms with Crippen LogP contribution in [-0.4, -0.2) is 38.2 Å². The van der Waals surface area contributed by atoms with Gasteiger partial charge in [0, 0.05) is 30.4 Å². The van der Waals surface area contributed by atoms with Crippen molar-refractivity contribution in [3.05, 3.63) is 18.2 Å². The van der Waals surface area contributed by atoms with Gasteiger partial charge in [0.2, 0.25) is 0 Å². The van der Waals surface area contributed by atoms with Crippen molar-refractivity contribution in [1.82, 2.24) is 9.55 Å². The molecule has 0 aromatic carbocycles. The Morgan fingerprint density at radius 2 is 2.53 bits per heavy atom. The van der Waals surface area contributed by atoms with Gasteiger partial charge in [-0.2, -0.15) is 11.8 Å². The van der Waals surface area contributed by atoms with Crippen molar-refractivity contribution < 1.29 is 9.90 Å². The first-order valence-corrected chi connectivity index (χ1v) is 5.80. The summed E-state index contributed by atoms with van der Waals surface area (Å²) < 4.78 is 2.03. The van der Waals surface area contributed by atoms with Crippen molar-refractivity contribution >= 4 is 17.7 Å². The van der Waals surface area contributed by atoms with Crippen LogP contribution in [-0.2, 0) is 11.3 Å². The van der Waals surface area contributed by atoms with Crippen molar-refractivity contribution in [3.8, 4) is 0 Å². The summed E-state index contributed by atoms with van der Waals surface area (Å²) in [5.74, 6) is 1.32. The van der Waals surface area contributed by atoms with E-state index in [9.17, 15) is 4.79 Å². The van der Waals surface area contributed by atoms with Gasteiger partial charge in [-0.25, -0.2) is 4.98 Å². The van der Waals surface area contributed by atoms with Crippen molar-refractivity contribution in [1.29, 1.82) is 0 Å². The number of aliphatic carboxylic acids is 1. The molecule has 0 fully saturated rings.